The summed E-state index contributed by atoms with van der Waals surface area (Å²) in [7, 11) is 1.46. The Labute approximate surface area is 118 Å². The maximum absolute atomic E-state index is 12.1. The molecule has 0 radical (unpaired) electrons. The summed E-state index contributed by atoms with van der Waals surface area (Å²) >= 11 is 0. The maximum atomic E-state index is 12.1. The van der Waals surface area contributed by atoms with Gasteiger partial charge in [-0.1, -0.05) is 0 Å². The molecule has 21 heavy (non-hydrogen) atoms. The zero-order valence-electron chi connectivity index (χ0n) is 11.1. The molecule has 0 unspecified atom stereocenters. The van der Waals surface area contributed by atoms with E-state index in [0.29, 0.717) is 0 Å². The molecule has 0 bridgehead atoms. The van der Waals surface area contributed by atoms with E-state index >= 15 is 0 Å². The van der Waals surface area contributed by atoms with Gasteiger partial charge in [0.2, 0.25) is 5.91 Å². The van der Waals surface area contributed by atoms with Gasteiger partial charge in [-0.25, -0.2) is 0 Å². The van der Waals surface area contributed by atoms with E-state index in [0.717, 1.165) is 18.2 Å². The number of carbonyl (C=O) groups excluding carboxylic acids is 2. The number of halogens is 3. The Hall–Kier alpha value is -2.45. The van der Waals surface area contributed by atoms with Crippen molar-refractivity contribution < 1.29 is 27.5 Å². The zero-order valence-corrected chi connectivity index (χ0v) is 11.1. The second kappa shape index (κ2) is 6.82. The average molecular weight is 305 g/mol. The Morgan fingerprint density at radius 3 is 2.52 bits per heavy atom. The first-order valence-electron chi connectivity index (χ1n) is 5.87. The highest BCUT2D eigenvalue weighted by molar-refractivity contribution is 5.95. The molecule has 0 aromatic heterocycles. The minimum absolute atomic E-state index is 0.0685. The van der Waals surface area contributed by atoms with E-state index in [1.807, 2.05) is 0 Å². The molecular formula is C12H14F3N3O3. The topological polar surface area (TPSA) is 93.5 Å². The third-order valence-electron chi connectivity index (χ3n) is 2.41. The Morgan fingerprint density at radius 1 is 1.33 bits per heavy atom. The number of alkyl halides is 3. The molecule has 0 aliphatic carbocycles. The van der Waals surface area contributed by atoms with Crippen molar-refractivity contribution in [2.45, 2.75) is 12.8 Å². The van der Waals surface area contributed by atoms with Gasteiger partial charge in [0.15, 0.2) is 5.75 Å². The molecule has 0 aliphatic heterocycles. The molecule has 2 amide bonds. The van der Waals surface area contributed by atoms with Gasteiger partial charge in [-0.15, -0.1) is 13.2 Å². The van der Waals surface area contributed by atoms with Crippen LogP contribution in [0.1, 0.15) is 16.8 Å². The van der Waals surface area contributed by atoms with Crippen LogP contribution in [0.5, 0.6) is 5.75 Å². The van der Waals surface area contributed by atoms with E-state index in [1.165, 1.54) is 7.05 Å². The number of ether oxygens (including phenoxy) is 1. The van der Waals surface area contributed by atoms with E-state index in [2.05, 4.69) is 15.4 Å². The van der Waals surface area contributed by atoms with Gasteiger partial charge in [0, 0.05) is 25.6 Å². The molecule has 0 saturated heterocycles. The van der Waals surface area contributed by atoms with Crippen molar-refractivity contribution in [3.05, 3.63) is 23.8 Å². The zero-order chi connectivity index (χ0) is 16.0. The number of carbonyl (C=O) groups is 2. The van der Waals surface area contributed by atoms with Crippen molar-refractivity contribution in [3.8, 4) is 5.75 Å². The Kier molecular flexibility index (Phi) is 5.39. The van der Waals surface area contributed by atoms with Crippen molar-refractivity contribution >= 4 is 17.5 Å². The lowest BCUT2D eigenvalue weighted by Gasteiger charge is -2.12. The average Bonchev–Trinajstić information content (AvgIpc) is 2.39. The number of hydrogen-bond donors (Lipinski definition) is 3. The van der Waals surface area contributed by atoms with Crippen molar-refractivity contribution in [1.29, 1.82) is 0 Å². The summed E-state index contributed by atoms with van der Waals surface area (Å²) in [5, 5.41) is 4.82. The fraction of sp³-hybridized carbons (Fsp3) is 0.333. The summed E-state index contributed by atoms with van der Waals surface area (Å²) in [4.78, 5) is 22.7. The van der Waals surface area contributed by atoms with Gasteiger partial charge in [-0.05, 0) is 18.2 Å². The minimum atomic E-state index is -4.86. The molecule has 0 heterocycles. The first-order valence-corrected chi connectivity index (χ1v) is 5.87. The highest BCUT2D eigenvalue weighted by Crippen LogP contribution is 2.28. The van der Waals surface area contributed by atoms with Gasteiger partial charge in [0.1, 0.15) is 0 Å². The molecule has 9 heteroatoms. The van der Waals surface area contributed by atoms with Crippen LogP contribution in [-0.2, 0) is 4.79 Å². The second-order valence-electron chi connectivity index (χ2n) is 3.98. The van der Waals surface area contributed by atoms with Crippen LogP contribution < -0.4 is 21.1 Å². The van der Waals surface area contributed by atoms with Crippen molar-refractivity contribution in [3.63, 3.8) is 0 Å². The van der Waals surface area contributed by atoms with Crippen molar-refractivity contribution in [2.24, 2.45) is 0 Å². The van der Waals surface area contributed by atoms with E-state index in [9.17, 15) is 22.8 Å². The number of amides is 2. The van der Waals surface area contributed by atoms with E-state index in [-0.39, 0.29) is 30.1 Å². The lowest BCUT2D eigenvalue weighted by Crippen LogP contribution is -2.29. The van der Waals surface area contributed by atoms with Gasteiger partial charge >= 0.3 is 6.36 Å². The van der Waals surface area contributed by atoms with E-state index in [4.69, 9.17) is 5.73 Å². The standard InChI is InChI=1S/C12H14F3N3O3/c1-17-10(19)4-5-18-11(20)7-2-3-9(8(16)6-7)21-12(13,14)15/h2-3,6H,4-5,16H2,1H3,(H,17,19)(H,18,20). The third kappa shape index (κ3) is 5.59. The summed E-state index contributed by atoms with van der Waals surface area (Å²) in [6.07, 6.45) is -4.77. The Balaban J connectivity index is 2.66. The van der Waals surface area contributed by atoms with Gasteiger partial charge in [-0.3, -0.25) is 9.59 Å². The van der Waals surface area contributed by atoms with Gasteiger partial charge in [0.05, 0.1) is 5.69 Å². The summed E-state index contributed by atoms with van der Waals surface area (Å²) in [6, 6.07) is 3.17. The maximum Gasteiger partial charge on any atom is 0.573 e. The third-order valence-corrected chi connectivity index (χ3v) is 2.41. The number of rotatable bonds is 5. The molecule has 0 atom stereocenters. The van der Waals surface area contributed by atoms with Crippen LogP contribution in [-0.4, -0.2) is 31.8 Å². The fourth-order valence-corrected chi connectivity index (χ4v) is 1.42. The van der Waals surface area contributed by atoms with Crippen LogP contribution in [0.4, 0.5) is 18.9 Å². The fourth-order valence-electron chi connectivity index (χ4n) is 1.42. The summed E-state index contributed by atoms with van der Waals surface area (Å²) in [5.41, 5.74) is 5.15. The van der Waals surface area contributed by atoms with Crippen molar-refractivity contribution in [2.75, 3.05) is 19.3 Å². The van der Waals surface area contributed by atoms with Gasteiger partial charge in [-0.2, -0.15) is 0 Å². The molecule has 1 aromatic carbocycles. The quantitative estimate of drug-likeness (QED) is 0.708. The van der Waals surface area contributed by atoms with Crippen LogP contribution in [0.2, 0.25) is 0 Å². The molecule has 0 aliphatic rings. The highest BCUT2D eigenvalue weighted by Gasteiger charge is 2.32. The molecule has 1 aromatic rings. The van der Waals surface area contributed by atoms with E-state index in [1.54, 1.807) is 0 Å². The molecule has 6 nitrogen and oxygen atoms in total. The number of hydrogen-bond acceptors (Lipinski definition) is 4. The second-order valence-corrected chi connectivity index (χ2v) is 3.98. The SMILES string of the molecule is CNC(=O)CCNC(=O)c1ccc(OC(F)(F)F)c(N)c1. The van der Waals surface area contributed by atoms with E-state index < -0.39 is 18.0 Å². The first-order chi connectivity index (χ1) is 9.73. The van der Waals surface area contributed by atoms with Crippen LogP contribution in [0.15, 0.2) is 18.2 Å². The molecule has 1 rings (SSSR count). The minimum Gasteiger partial charge on any atom is -0.404 e. The van der Waals surface area contributed by atoms with Crippen LogP contribution >= 0.6 is 0 Å². The number of nitrogen functional groups attached to an aromatic ring is 1. The number of anilines is 1. The van der Waals surface area contributed by atoms with Crippen LogP contribution in [0, 0.1) is 0 Å². The number of nitrogens with two attached hydrogens (primary N) is 1. The van der Waals surface area contributed by atoms with Crippen LogP contribution in [0.3, 0.4) is 0 Å². The molecule has 0 fully saturated rings. The highest BCUT2D eigenvalue weighted by atomic mass is 19.4. The Morgan fingerprint density at radius 2 is 2.00 bits per heavy atom. The molecule has 116 valence electrons. The van der Waals surface area contributed by atoms with Gasteiger partial charge < -0.3 is 21.1 Å². The summed E-state index contributed by atoms with van der Waals surface area (Å²) < 4.78 is 39.9. The lowest BCUT2D eigenvalue weighted by molar-refractivity contribution is -0.274. The summed E-state index contributed by atoms with van der Waals surface area (Å²) in [5.74, 6) is -1.38. The summed E-state index contributed by atoms with van der Waals surface area (Å²) in [6.45, 7) is 0.0964. The first kappa shape index (κ1) is 16.6. The number of nitrogens with one attached hydrogen (secondary N) is 2. The van der Waals surface area contributed by atoms with Gasteiger partial charge in [0.25, 0.3) is 5.91 Å². The monoisotopic (exact) mass is 305 g/mol. The normalized spacial score (nSPS) is 10.9. The van der Waals surface area contributed by atoms with Crippen LogP contribution in [0.25, 0.3) is 0 Å². The number of benzene rings is 1. The largest absolute Gasteiger partial charge is 0.573 e. The lowest BCUT2D eigenvalue weighted by atomic mass is 10.1. The molecule has 0 spiro atoms. The van der Waals surface area contributed by atoms with Crippen molar-refractivity contribution in [1.82, 2.24) is 10.6 Å². The molecular weight excluding hydrogens is 291 g/mol. The predicted molar refractivity (Wildman–Crippen MR) is 68.6 cm³/mol. The smallest absolute Gasteiger partial charge is 0.404 e. The molecule has 0 saturated carbocycles. The molecule has 4 N–H and O–H groups in total. The predicted octanol–water partition coefficient (Wildman–Crippen LogP) is 1.03. The Bertz CT molecular complexity index is 532.